The van der Waals surface area contributed by atoms with Gasteiger partial charge in [0, 0.05) is 12.8 Å². The van der Waals surface area contributed by atoms with E-state index in [2.05, 4.69) is 18.0 Å². The van der Waals surface area contributed by atoms with Crippen LogP contribution in [0.25, 0.3) is 0 Å². The second-order valence-electron chi connectivity index (χ2n) is 12.8. The van der Waals surface area contributed by atoms with Gasteiger partial charge >= 0.3 is 22.3 Å². The number of hydrogen-bond acceptors (Lipinski definition) is 10. The maximum atomic E-state index is 12.6. The normalized spacial score (nSPS) is 21.7. The summed E-state index contributed by atoms with van der Waals surface area (Å²) in [7, 11) is -5.07. The predicted octanol–water partition coefficient (Wildman–Crippen LogP) is 7.11. The van der Waals surface area contributed by atoms with Gasteiger partial charge in [-0.3, -0.25) is 14.1 Å². The van der Waals surface area contributed by atoms with Crippen molar-refractivity contribution in [3.63, 3.8) is 0 Å². The van der Waals surface area contributed by atoms with E-state index in [0.29, 0.717) is 12.8 Å². The molecule has 1 rings (SSSR count). The Balaban J connectivity index is 2.44. The van der Waals surface area contributed by atoms with Gasteiger partial charge in [-0.05, 0) is 12.8 Å². The molecule has 0 saturated carbocycles. The van der Waals surface area contributed by atoms with Crippen LogP contribution in [-0.2, 0) is 38.4 Å². The van der Waals surface area contributed by atoms with E-state index in [-0.39, 0.29) is 12.8 Å². The Kier molecular flexibility index (Phi) is 24.7. The summed E-state index contributed by atoms with van der Waals surface area (Å²) in [5, 5.41) is 21.0. The van der Waals surface area contributed by atoms with Gasteiger partial charge in [0.05, 0.1) is 0 Å². The zero-order chi connectivity index (χ0) is 34.0. The van der Waals surface area contributed by atoms with Gasteiger partial charge in [0.1, 0.15) is 18.8 Å². The van der Waals surface area contributed by atoms with Crippen LogP contribution < -0.4 is 0 Å². The molecule has 272 valence electrons. The molecule has 3 N–H and O–H groups in total. The van der Waals surface area contributed by atoms with E-state index < -0.39 is 59.7 Å². The van der Waals surface area contributed by atoms with Gasteiger partial charge in [-0.1, -0.05) is 142 Å². The fourth-order valence-electron chi connectivity index (χ4n) is 5.76. The highest BCUT2D eigenvalue weighted by Crippen LogP contribution is 2.27. The Hall–Kier alpha value is -1.31. The second-order valence-corrected chi connectivity index (χ2v) is 13.8. The molecule has 0 bridgehead atoms. The fourth-order valence-corrected chi connectivity index (χ4v) is 6.25. The molecule has 0 aromatic rings. The van der Waals surface area contributed by atoms with Crippen LogP contribution in [0.15, 0.2) is 0 Å². The first-order chi connectivity index (χ1) is 22.1. The van der Waals surface area contributed by atoms with Crippen LogP contribution in [0, 0.1) is 0 Å². The minimum absolute atomic E-state index is 0.0674. The van der Waals surface area contributed by atoms with Gasteiger partial charge in [-0.2, -0.15) is 8.42 Å². The van der Waals surface area contributed by atoms with Gasteiger partial charge in [-0.15, -0.1) is 0 Å². The Morgan fingerprint density at radius 2 is 1.00 bits per heavy atom. The molecule has 1 aliphatic heterocycles. The number of aliphatic hydroxyl groups excluding tert-OH is 2. The van der Waals surface area contributed by atoms with Crippen LogP contribution in [0.3, 0.4) is 0 Å². The smallest absolute Gasteiger partial charge is 0.397 e. The minimum atomic E-state index is -5.07. The van der Waals surface area contributed by atoms with Crippen molar-refractivity contribution < 1.29 is 51.2 Å². The average Bonchev–Trinajstić information content (AvgIpc) is 3.00. The molecule has 46 heavy (non-hydrogen) atoms. The van der Waals surface area contributed by atoms with Crippen molar-refractivity contribution >= 4 is 22.3 Å². The first kappa shape index (κ1) is 42.7. The molecule has 1 saturated heterocycles. The Morgan fingerprint density at radius 3 is 1.41 bits per heavy atom. The molecule has 0 amide bonds. The van der Waals surface area contributed by atoms with Crippen molar-refractivity contribution in [1.29, 1.82) is 0 Å². The van der Waals surface area contributed by atoms with Gasteiger partial charge < -0.3 is 24.4 Å². The van der Waals surface area contributed by atoms with E-state index in [9.17, 15) is 28.2 Å². The van der Waals surface area contributed by atoms with Gasteiger partial charge in [0.15, 0.2) is 18.5 Å². The van der Waals surface area contributed by atoms with E-state index in [1.54, 1.807) is 0 Å². The lowest BCUT2D eigenvalue weighted by Gasteiger charge is -2.40. The summed E-state index contributed by atoms with van der Waals surface area (Å²) < 4.78 is 52.1. The van der Waals surface area contributed by atoms with Gasteiger partial charge in [0.25, 0.3) is 0 Å². The molecule has 0 spiro atoms. The number of unbranched alkanes of at least 4 members (excludes halogenated alkanes) is 20. The van der Waals surface area contributed by atoms with Gasteiger partial charge in [0.2, 0.25) is 0 Å². The molecule has 1 heterocycles. The van der Waals surface area contributed by atoms with E-state index >= 15 is 0 Å². The molecular formula is C34H64O11S. The third-order valence-electron chi connectivity index (χ3n) is 8.51. The summed E-state index contributed by atoms with van der Waals surface area (Å²) in [5.74, 6) is -1.14. The summed E-state index contributed by atoms with van der Waals surface area (Å²) in [4.78, 5) is 25.0. The van der Waals surface area contributed by atoms with Crippen molar-refractivity contribution in [3.8, 4) is 0 Å². The predicted molar refractivity (Wildman–Crippen MR) is 176 cm³/mol. The van der Waals surface area contributed by atoms with Crippen LogP contribution in [0.4, 0.5) is 0 Å². The number of rotatable bonds is 29. The molecule has 11 nitrogen and oxygen atoms in total. The number of carbonyl (C=O) groups excluding carboxylic acids is 2. The lowest BCUT2D eigenvalue weighted by atomic mass is 9.99. The molecule has 0 aromatic heterocycles. The number of esters is 2. The Morgan fingerprint density at radius 1 is 0.609 bits per heavy atom. The van der Waals surface area contributed by atoms with Crippen LogP contribution in [-0.4, -0.2) is 72.4 Å². The third kappa shape index (κ3) is 21.5. The van der Waals surface area contributed by atoms with Crippen LogP contribution >= 0.6 is 0 Å². The highest BCUT2D eigenvalue weighted by Gasteiger charge is 2.49. The SMILES string of the molecule is CCCCCCCCCCCCCC(=O)OC[C@H]1O[C@H](O)[C@H](OS(=O)(=O)O)[C@@H](O)[C@@H]1OC(=O)CCCCCCCCCCCCC. The summed E-state index contributed by atoms with van der Waals surface area (Å²) in [6, 6.07) is 0. The van der Waals surface area contributed by atoms with Crippen molar-refractivity contribution in [2.75, 3.05) is 6.61 Å². The molecule has 5 atom stereocenters. The van der Waals surface area contributed by atoms with Crippen molar-refractivity contribution in [1.82, 2.24) is 0 Å². The quantitative estimate of drug-likeness (QED) is 0.0419. The maximum Gasteiger partial charge on any atom is 0.397 e. The first-order valence-corrected chi connectivity index (χ1v) is 19.5. The van der Waals surface area contributed by atoms with E-state index in [1.165, 1.54) is 89.9 Å². The highest BCUT2D eigenvalue weighted by atomic mass is 32.3. The lowest BCUT2D eigenvalue weighted by molar-refractivity contribution is -0.285. The number of carbonyl (C=O) groups is 2. The minimum Gasteiger partial charge on any atom is -0.463 e. The van der Waals surface area contributed by atoms with Crippen molar-refractivity contribution in [3.05, 3.63) is 0 Å². The van der Waals surface area contributed by atoms with Crippen molar-refractivity contribution in [2.24, 2.45) is 0 Å². The molecular weight excluding hydrogens is 616 g/mol. The van der Waals surface area contributed by atoms with Crippen LogP contribution in [0.5, 0.6) is 0 Å². The standard InChI is InChI=1S/C34H64O11S/c1-3-5-7-9-11-13-15-17-19-21-23-25-29(35)42-27-28-32(31(37)33(34(38)43-28)45-46(39,40)41)44-30(36)26-24-22-20-18-16-14-12-10-8-6-4-2/h28,31-34,37-38H,3-27H2,1-2H3,(H,39,40,41)/t28-,31+,32-,33-,34+/m1/s1. The first-order valence-electron chi connectivity index (χ1n) is 18.1. The van der Waals surface area contributed by atoms with Crippen LogP contribution in [0.1, 0.15) is 168 Å². The molecule has 0 aliphatic carbocycles. The van der Waals surface area contributed by atoms with Gasteiger partial charge in [-0.25, -0.2) is 4.18 Å². The Labute approximate surface area is 278 Å². The van der Waals surface area contributed by atoms with Crippen molar-refractivity contribution in [2.45, 2.75) is 199 Å². The zero-order valence-electron chi connectivity index (χ0n) is 28.6. The summed E-state index contributed by atoms with van der Waals surface area (Å²) in [5.41, 5.74) is 0. The van der Waals surface area contributed by atoms with E-state index in [1.807, 2.05) is 0 Å². The van der Waals surface area contributed by atoms with E-state index in [4.69, 9.17) is 18.8 Å². The number of aliphatic hydroxyl groups is 2. The highest BCUT2D eigenvalue weighted by molar-refractivity contribution is 7.80. The summed E-state index contributed by atoms with van der Waals surface area (Å²) in [6.45, 7) is 3.99. The monoisotopic (exact) mass is 680 g/mol. The van der Waals surface area contributed by atoms with E-state index in [0.717, 1.165) is 38.5 Å². The molecule has 12 heteroatoms. The van der Waals surface area contributed by atoms with Crippen LogP contribution in [0.2, 0.25) is 0 Å². The molecule has 1 aliphatic rings. The second kappa shape index (κ2) is 26.6. The lowest BCUT2D eigenvalue weighted by Crippen LogP contribution is -2.61. The summed E-state index contributed by atoms with van der Waals surface area (Å²) in [6.07, 6.45) is 16.5. The summed E-state index contributed by atoms with van der Waals surface area (Å²) >= 11 is 0. The molecule has 0 unspecified atom stereocenters. The number of ether oxygens (including phenoxy) is 3. The average molecular weight is 681 g/mol. The molecule has 1 fully saturated rings. The fraction of sp³-hybridized carbons (Fsp3) is 0.941. The number of hydrogen-bond donors (Lipinski definition) is 3. The molecule has 0 radical (unpaired) electrons. The zero-order valence-corrected chi connectivity index (χ0v) is 29.4. The maximum absolute atomic E-state index is 12.6. The molecule has 0 aromatic carbocycles. The largest absolute Gasteiger partial charge is 0.463 e. The topological polar surface area (TPSA) is 166 Å². The Bertz CT molecular complexity index is 882. The third-order valence-corrected chi connectivity index (χ3v) is 8.98.